The molecule has 1 aromatic carbocycles. The fourth-order valence-electron chi connectivity index (χ4n) is 4.72. The van der Waals surface area contributed by atoms with Crippen LogP contribution in [0.4, 0.5) is 0 Å². The fourth-order valence-corrected chi connectivity index (χ4v) is 4.72. The Morgan fingerprint density at radius 3 is 2.70 bits per heavy atom. The number of hydrogen-bond acceptors (Lipinski definition) is 4. The van der Waals surface area contributed by atoms with E-state index in [0.29, 0.717) is 25.2 Å². The van der Waals surface area contributed by atoms with Gasteiger partial charge in [-0.3, -0.25) is 14.6 Å². The summed E-state index contributed by atoms with van der Waals surface area (Å²) in [6.07, 6.45) is 7.99. The minimum Gasteiger partial charge on any atom is -0.359 e. The number of hydrogen-bond donors (Lipinski definition) is 1. The van der Waals surface area contributed by atoms with Crippen LogP contribution < -0.4 is 5.32 Å². The van der Waals surface area contributed by atoms with Gasteiger partial charge in [-0.15, -0.1) is 0 Å². The van der Waals surface area contributed by atoms with Crippen molar-refractivity contribution >= 4 is 11.8 Å². The molecular formula is C21H24N4O2. The van der Waals surface area contributed by atoms with Crippen molar-refractivity contribution in [2.45, 2.75) is 37.0 Å². The Hall–Kier alpha value is -2.76. The van der Waals surface area contributed by atoms with Gasteiger partial charge < -0.3 is 10.2 Å². The number of aromatic nitrogens is 2. The number of carbonyl (C=O) groups is 2. The molecule has 1 spiro atoms. The number of piperidine rings is 1. The Bertz CT molecular complexity index is 844. The summed E-state index contributed by atoms with van der Waals surface area (Å²) in [5, 5.41) is 2.75. The molecule has 6 nitrogen and oxygen atoms in total. The van der Waals surface area contributed by atoms with Crippen molar-refractivity contribution in [3.8, 4) is 0 Å². The van der Waals surface area contributed by atoms with E-state index >= 15 is 0 Å². The zero-order valence-electron chi connectivity index (χ0n) is 15.5. The van der Waals surface area contributed by atoms with Crippen molar-refractivity contribution < 1.29 is 9.59 Å². The molecule has 0 bridgehead atoms. The van der Waals surface area contributed by atoms with Crippen LogP contribution in [-0.2, 0) is 10.2 Å². The molecule has 1 atom stereocenters. The number of carbonyl (C=O) groups excluding carboxylic acids is 2. The number of likely N-dealkylation sites (tertiary alicyclic amines) is 1. The first kappa shape index (κ1) is 17.6. The first-order valence-electron chi connectivity index (χ1n) is 9.48. The third-order valence-corrected chi connectivity index (χ3v) is 6.11. The van der Waals surface area contributed by atoms with Crippen LogP contribution in [0.3, 0.4) is 0 Å². The van der Waals surface area contributed by atoms with Crippen LogP contribution in [0.2, 0.25) is 0 Å². The molecule has 4 rings (SSSR count). The summed E-state index contributed by atoms with van der Waals surface area (Å²) in [4.78, 5) is 34.7. The van der Waals surface area contributed by atoms with E-state index in [9.17, 15) is 9.59 Å². The lowest BCUT2D eigenvalue weighted by atomic mass is 9.73. The Balaban J connectivity index is 1.52. The van der Waals surface area contributed by atoms with E-state index in [1.165, 1.54) is 17.3 Å². The molecule has 0 unspecified atom stereocenters. The van der Waals surface area contributed by atoms with Crippen molar-refractivity contribution in [2.24, 2.45) is 0 Å². The van der Waals surface area contributed by atoms with Crippen molar-refractivity contribution in [3.05, 3.63) is 59.7 Å². The Morgan fingerprint density at radius 2 is 2.00 bits per heavy atom. The molecule has 140 valence electrons. The van der Waals surface area contributed by atoms with Gasteiger partial charge in [-0.1, -0.05) is 24.3 Å². The fraction of sp³-hybridized carbons (Fsp3) is 0.429. The third-order valence-electron chi connectivity index (χ3n) is 6.11. The molecule has 6 heteroatoms. The van der Waals surface area contributed by atoms with Gasteiger partial charge >= 0.3 is 0 Å². The minimum absolute atomic E-state index is 0.0499. The average Bonchev–Trinajstić information content (AvgIpc) is 3.02. The molecule has 1 saturated heterocycles. The van der Waals surface area contributed by atoms with Gasteiger partial charge in [-0.05, 0) is 41.7 Å². The van der Waals surface area contributed by atoms with Gasteiger partial charge in [0.25, 0.3) is 5.91 Å². The van der Waals surface area contributed by atoms with Crippen LogP contribution in [-0.4, -0.2) is 46.8 Å². The number of amides is 2. The molecule has 1 N–H and O–H groups in total. The van der Waals surface area contributed by atoms with E-state index in [4.69, 9.17) is 0 Å². The summed E-state index contributed by atoms with van der Waals surface area (Å²) in [5.74, 6) is 0.289. The smallest absolute Gasteiger partial charge is 0.274 e. The summed E-state index contributed by atoms with van der Waals surface area (Å²) in [6, 6.07) is 8.51. The van der Waals surface area contributed by atoms with E-state index in [1.54, 1.807) is 19.4 Å². The minimum atomic E-state index is -0.0499. The summed E-state index contributed by atoms with van der Waals surface area (Å²) < 4.78 is 0. The zero-order valence-corrected chi connectivity index (χ0v) is 15.5. The predicted molar refractivity (Wildman–Crippen MR) is 101 cm³/mol. The summed E-state index contributed by atoms with van der Waals surface area (Å²) >= 11 is 0. The van der Waals surface area contributed by atoms with Gasteiger partial charge in [0.15, 0.2) is 0 Å². The first-order valence-corrected chi connectivity index (χ1v) is 9.48. The standard InChI is InChI=1S/C21H24N4O2/c1-22-19(26)12-15-13-21(17-5-3-2-4-16(15)17)6-10-25(11-7-21)20(27)18-14-23-8-9-24-18/h2-5,8-9,14-15H,6-7,10-13H2,1H3,(H,22,26)/t15-/m1/s1. The average molecular weight is 364 g/mol. The third kappa shape index (κ3) is 3.20. The summed E-state index contributed by atoms with van der Waals surface area (Å²) in [7, 11) is 1.69. The topological polar surface area (TPSA) is 75.2 Å². The molecule has 0 radical (unpaired) electrons. The molecule has 2 aromatic rings. The molecule has 0 saturated carbocycles. The number of benzene rings is 1. The maximum absolute atomic E-state index is 12.7. The van der Waals surface area contributed by atoms with Gasteiger partial charge in [0, 0.05) is 39.0 Å². The Morgan fingerprint density at radius 1 is 1.22 bits per heavy atom. The zero-order chi connectivity index (χ0) is 18.9. The van der Waals surface area contributed by atoms with Crippen LogP contribution in [0, 0.1) is 0 Å². The second-order valence-corrected chi connectivity index (χ2v) is 7.53. The molecule has 1 fully saturated rings. The highest BCUT2D eigenvalue weighted by atomic mass is 16.2. The Labute approximate surface area is 159 Å². The van der Waals surface area contributed by atoms with Crippen molar-refractivity contribution in [1.29, 1.82) is 0 Å². The molecule has 2 heterocycles. The molecular weight excluding hydrogens is 340 g/mol. The molecule has 1 aliphatic heterocycles. The van der Waals surface area contributed by atoms with Crippen LogP contribution >= 0.6 is 0 Å². The summed E-state index contributed by atoms with van der Waals surface area (Å²) in [6.45, 7) is 1.41. The first-order chi connectivity index (χ1) is 13.1. The van der Waals surface area contributed by atoms with Crippen molar-refractivity contribution in [2.75, 3.05) is 20.1 Å². The lowest BCUT2D eigenvalue weighted by molar-refractivity contribution is -0.121. The van der Waals surface area contributed by atoms with E-state index < -0.39 is 0 Å². The lowest BCUT2D eigenvalue weighted by Crippen LogP contribution is -2.44. The van der Waals surface area contributed by atoms with E-state index in [1.807, 2.05) is 4.90 Å². The van der Waals surface area contributed by atoms with E-state index in [0.717, 1.165) is 19.3 Å². The normalized spacial score (nSPS) is 20.3. The quantitative estimate of drug-likeness (QED) is 0.907. The Kier molecular flexibility index (Phi) is 4.64. The second-order valence-electron chi connectivity index (χ2n) is 7.53. The summed E-state index contributed by atoms with van der Waals surface area (Å²) in [5.41, 5.74) is 3.13. The maximum atomic E-state index is 12.7. The van der Waals surface area contributed by atoms with Gasteiger partial charge in [-0.25, -0.2) is 4.98 Å². The van der Waals surface area contributed by atoms with E-state index in [-0.39, 0.29) is 23.1 Å². The largest absolute Gasteiger partial charge is 0.359 e. The lowest BCUT2D eigenvalue weighted by Gasteiger charge is -2.40. The van der Waals surface area contributed by atoms with Crippen molar-refractivity contribution in [1.82, 2.24) is 20.2 Å². The monoisotopic (exact) mass is 364 g/mol. The van der Waals surface area contributed by atoms with Crippen LogP contribution in [0.1, 0.15) is 53.2 Å². The predicted octanol–water partition coefficient (Wildman–Crippen LogP) is 2.27. The highest BCUT2D eigenvalue weighted by molar-refractivity contribution is 5.92. The van der Waals surface area contributed by atoms with E-state index in [2.05, 4.69) is 39.6 Å². The van der Waals surface area contributed by atoms with Crippen molar-refractivity contribution in [3.63, 3.8) is 0 Å². The number of nitrogens with zero attached hydrogens (tertiary/aromatic N) is 3. The molecule has 2 aliphatic rings. The SMILES string of the molecule is CNC(=O)C[C@@H]1CC2(CCN(C(=O)c3cnccn3)CC2)c2ccccc21. The van der Waals surface area contributed by atoms with Gasteiger partial charge in [0.2, 0.25) is 5.91 Å². The molecule has 1 aliphatic carbocycles. The molecule has 1 aromatic heterocycles. The molecule has 27 heavy (non-hydrogen) atoms. The van der Waals surface area contributed by atoms with Crippen LogP contribution in [0.15, 0.2) is 42.9 Å². The number of rotatable bonds is 3. The number of nitrogens with one attached hydrogen (secondary N) is 1. The van der Waals surface area contributed by atoms with Gasteiger partial charge in [0.1, 0.15) is 5.69 Å². The van der Waals surface area contributed by atoms with Crippen LogP contribution in [0.5, 0.6) is 0 Å². The molecule has 2 amide bonds. The highest BCUT2D eigenvalue weighted by Gasteiger charge is 2.46. The number of fused-ring (bicyclic) bond motifs is 2. The highest BCUT2D eigenvalue weighted by Crippen LogP contribution is 2.52. The second kappa shape index (κ2) is 7.10. The van der Waals surface area contributed by atoms with Gasteiger partial charge in [-0.2, -0.15) is 0 Å². The van der Waals surface area contributed by atoms with Crippen LogP contribution in [0.25, 0.3) is 0 Å². The maximum Gasteiger partial charge on any atom is 0.274 e. The van der Waals surface area contributed by atoms with Gasteiger partial charge in [0.05, 0.1) is 6.20 Å².